The molecule has 1 fully saturated rings. The van der Waals surface area contributed by atoms with E-state index in [0.29, 0.717) is 10.0 Å². The third-order valence-corrected chi connectivity index (χ3v) is 3.64. The van der Waals surface area contributed by atoms with Crippen molar-refractivity contribution in [1.82, 2.24) is 0 Å². The maximum absolute atomic E-state index is 12.0. The second-order valence-corrected chi connectivity index (χ2v) is 6.21. The monoisotopic (exact) mass is 398 g/mol. The zero-order valence-electron chi connectivity index (χ0n) is 13.5. The SMILES string of the molecule is COc1cc(C=C2C(=O)OC(C)(C)OC2=O)c(Br)cc1OC(C)=O. The molecule has 2 rings (SSSR count). The molecule has 24 heavy (non-hydrogen) atoms. The lowest BCUT2D eigenvalue weighted by molar-refractivity contribution is -0.222. The van der Waals surface area contributed by atoms with Gasteiger partial charge >= 0.3 is 17.9 Å². The largest absolute Gasteiger partial charge is 0.493 e. The predicted molar refractivity (Wildman–Crippen MR) is 86.2 cm³/mol. The summed E-state index contributed by atoms with van der Waals surface area (Å²) in [4.78, 5) is 35.1. The minimum Gasteiger partial charge on any atom is -0.493 e. The molecule has 0 spiro atoms. The quantitative estimate of drug-likeness (QED) is 0.334. The second kappa shape index (κ2) is 6.64. The number of rotatable bonds is 3. The van der Waals surface area contributed by atoms with E-state index in [1.54, 1.807) is 0 Å². The van der Waals surface area contributed by atoms with Crippen LogP contribution in [0.3, 0.4) is 0 Å². The summed E-state index contributed by atoms with van der Waals surface area (Å²) in [6.07, 6.45) is 1.31. The second-order valence-electron chi connectivity index (χ2n) is 5.36. The minimum absolute atomic E-state index is 0.203. The summed E-state index contributed by atoms with van der Waals surface area (Å²) in [6, 6.07) is 3.01. The van der Waals surface area contributed by atoms with Crippen LogP contribution in [0.5, 0.6) is 11.5 Å². The van der Waals surface area contributed by atoms with Gasteiger partial charge in [-0.15, -0.1) is 0 Å². The van der Waals surface area contributed by atoms with Crippen molar-refractivity contribution in [2.75, 3.05) is 7.11 Å². The molecule has 7 nitrogen and oxygen atoms in total. The van der Waals surface area contributed by atoms with Gasteiger partial charge in [0.15, 0.2) is 11.5 Å². The van der Waals surface area contributed by atoms with Crippen molar-refractivity contribution < 1.29 is 33.3 Å². The van der Waals surface area contributed by atoms with E-state index in [1.165, 1.54) is 46.1 Å². The number of esters is 3. The maximum atomic E-state index is 12.0. The molecule has 1 aliphatic rings. The van der Waals surface area contributed by atoms with E-state index in [9.17, 15) is 14.4 Å². The highest BCUT2D eigenvalue weighted by Crippen LogP contribution is 2.35. The molecule has 0 aliphatic carbocycles. The van der Waals surface area contributed by atoms with Crippen LogP contribution >= 0.6 is 15.9 Å². The average Bonchev–Trinajstić information content (AvgIpc) is 2.43. The van der Waals surface area contributed by atoms with Gasteiger partial charge in [0.1, 0.15) is 5.57 Å². The molecule has 8 heteroatoms. The first kappa shape index (κ1) is 18.0. The summed E-state index contributed by atoms with van der Waals surface area (Å²) in [5.74, 6) is -2.92. The van der Waals surface area contributed by atoms with Crippen LogP contribution < -0.4 is 9.47 Å². The summed E-state index contributed by atoms with van der Waals surface area (Å²) in [7, 11) is 1.40. The average molecular weight is 399 g/mol. The molecule has 1 saturated heterocycles. The van der Waals surface area contributed by atoms with Gasteiger partial charge in [-0.3, -0.25) is 4.79 Å². The number of halogens is 1. The lowest BCUT2D eigenvalue weighted by Gasteiger charge is -2.29. The highest BCUT2D eigenvalue weighted by molar-refractivity contribution is 9.10. The van der Waals surface area contributed by atoms with E-state index < -0.39 is 23.7 Å². The first-order chi connectivity index (χ1) is 11.1. The number of carbonyl (C=O) groups excluding carboxylic acids is 3. The van der Waals surface area contributed by atoms with Gasteiger partial charge in [0.25, 0.3) is 5.79 Å². The molecular weight excluding hydrogens is 384 g/mol. The lowest BCUT2D eigenvalue weighted by Crippen LogP contribution is -2.41. The molecule has 0 saturated carbocycles. The Bertz CT molecular complexity index is 727. The smallest absolute Gasteiger partial charge is 0.348 e. The molecular formula is C16H15BrO7. The third kappa shape index (κ3) is 3.94. The summed E-state index contributed by atoms with van der Waals surface area (Å²) in [5.41, 5.74) is 0.198. The lowest BCUT2D eigenvalue weighted by atomic mass is 10.1. The van der Waals surface area contributed by atoms with Crippen molar-refractivity contribution in [3.05, 3.63) is 27.7 Å². The highest BCUT2D eigenvalue weighted by Gasteiger charge is 2.39. The Morgan fingerprint density at radius 2 is 1.75 bits per heavy atom. The first-order valence-electron chi connectivity index (χ1n) is 6.87. The summed E-state index contributed by atoms with van der Waals surface area (Å²) in [5, 5.41) is 0. The van der Waals surface area contributed by atoms with Crippen molar-refractivity contribution in [2.45, 2.75) is 26.6 Å². The van der Waals surface area contributed by atoms with E-state index in [4.69, 9.17) is 18.9 Å². The zero-order chi connectivity index (χ0) is 18.1. The first-order valence-corrected chi connectivity index (χ1v) is 7.66. The molecule has 0 amide bonds. The zero-order valence-corrected chi connectivity index (χ0v) is 15.1. The van der Waals surface area contributed by atoms with Crippen LogP contribution in [0.1, 0.15) is 26.3 Å². The van der Waals surface area contributed by atoms with E-state index >= 15 is 0 Å². The highest BCUT2D eigenvalue weighted by atomic mass is 79.9. The molecule has 0 atom stereocenters. The summed E-state index contributed by atoms with van der Waals surface area (Å²) < 4.78 is 20.7. The summed E-state index contributed by atoms with van der Waals surface area (Å²) >= 11 is 3.29. The van der Waals surface area contributed by atoms with Gasteiger partial charge in [-0.25, -0.2) is 9.59 Å². The van der Waals surface area contributed by atoms with Crippen LogP contribution in [0, 0.1) is 0 Å². The van der Waals surface area contributed by atoms with Gasteiger partial charge < -0.3 is 18.9 Å². The van der Waals surface area contributed by atoms with Crippen LogP contribution in [-0.4, -0.2) is 30.8 Å². The Hall–Kier alpha value is -2.35. The van der Waals surface area contributed by atoms with Gasteiger partial charge in [-0.2, -0.15) is 0 Å². The number of methoxy groups -OCH3 is 1. The predicted octanol–water partition coefficient (Wildman–Crippen LogP) is 2.60. The van der Waals surface area contributed by atoms with Gasteiger partial charge in [0.05, 0.1) is 7.11 Å². The number of benzene rings is 1. The van der Waals surface area contributed by atoms with Crippen LogP contribution in [0.25, 0.3) is 6.08 Å². The molecule has 128 valence electrons. The minimum atomic E-state index is -1.31. The van der Waals surface area contributed by atoms with E-state index in [0.717, 1.165) is 0 Å². The van der Waals surface area contributed by atoms with Crippen molar-refractivity contribution in [1.29, 1.82) is 0 Å². The fourth-order valence-electron chi connectivity index (χ4n) is 1.99. The Labute approximate surface area is 146 Å². The number of hydrogen-bond acceptors (Lipinski definition) is 7. The molecule has 0 radical (unpaired) electrons. The molecule has 1 aliphatic heterocycles. The Balaban J connectivity index is 2.44. The standard InChI is InChI=1S/C16H15BrO7/c1-8(18)22-13-7-11(17)9(6-12(13)21-4)5-10-14(19)23-16(2,3)24-15(10)20/h5-7H,1-4H3. The van der Waals surface area contributed by atoms with Crippen LogP contribution in [-0.2, 0) is 23.9 Å². The van der Waals surface area contributed by atoms with Crippen LogP contribution in [0.4, 0.5) is 0 Å². The fraction of sp³-hybridized carbons (Fsp3) is 0.312. The molecule has 1 aromatic carbocycles. The van der Waals surface area contributed by atoms with Crippen molar-refractivity contribution in [3.63, 3.8) is 0 Å². The fourth-order valence-corrected chi connectivity index (χ4v) is 2.43. The number of carbonyl (C=O) groups is 3. The topological polar surface area (TPSA) is 88.1 Å². The molecule has 0 N–H and O–H groups in total. The molecule has 0 unspecified atom stereocenters. The van der Waals surface area contributed by atoms with Crippen LogP contribution in [0.15, 0.2) is 22.2 Å². The Morgan fingerprint density at radius 1 is 1.17 bits per heavy atom. The van der Waals surface area contributed by atoms with Crippen molar-refractivity contribution in [3.8, 4) is 11.5 Å². The molecule has 0 aromatic heterocycles. The Kier molecular flexibility index (Phi) is 4.98. The number of ether oxygens (including phenoxy) is 4. The number of cyclic esters (lactones) is 2. The Morgan fingerprint density at radius 3 is 2.25 bits per heavy atom. The molecule has 1 heterocycles. The number of hydrogen-bond donors (Lipinski definition) is 0. The van der Waals surface area contributed by atoms with E-state index in [2.05, 4.69) is 15.9 Å². The van der Waals surface area contributed by atoms with Gasteiger partial charge in [0, 0.05) is 25.2 Å². The molecule has 1 aromatic rings. The van der Waals surface area contributed by atoms with Gasteiger partial charge in [-0.05, 0) is 23.8 Å². The van der Waals surface area contributed by atoms with Crippen molar-refractivity contribution in [2.24, 2.45) is 0 Å². The van der Waals surface area contributed by atoms with Gasteiger partial charge in [0.2, 0.25) is 0 Å². The maximum Gasteiger partial charge on any atom is 0.348 e. The normalized spacial score (nSPS) is 16.1. The molecule has 0 bridgehead atoms. The summed E-state index contributed by atoms with van der Waals surface area (Å²) in [6.45, 7) is 4.19. The van der Waals surface area contributed by atoms with E-state index in [1.807, 2.05) is 0 Å². The van der Waals surface area contributed by atoms with Crippen LogP contribution in [0.2, 0.25) is 0 Å². The van der Waals surface area contributed by atoms with E-state index in [-0.39, 0.29) is 17.1 Å². The third-order valence-electron chi connectivity index (χ3n) is 2.95. The van der Waals surface area contributed by atoms with Crippen molar-refractivity contribution >= 4 is 39.9 Å². The van der Waals surface area contributed by atoms with Gasteiger partial charge in [-0.1, -0.05) is 15.9 Å².